The fourth-order valence-corrected chi connectivity index (χ4v) is 2.80. The molecule has 142 valence electrons. The lowest BCUT2D eigenvalue weighted by Crippen LogP contribution is -2.26. The number of aromatic nitrogens is 1. The maximum atomic E-state index is 12.8. The first-order valence-electron chi connectivity index (χ1n) is 8.42. The van der Waals surface area contributed by atoms with E-state index in [2.05, 4.69) is 5.32 Å². The molecule has 0 bridgehead atoms. The molecule has 0 aliphatic carbocycles. The highest BCUT2D eigenvalue weighted by atomic mass is 19.4. The zero-order valence-corrected chi connectivity index (χ0v) is 14.9. The van der Waals surface area contributed by atoms with Crippen LogP contribution in [-0.2, 0) is 12.7 Å². The van der Waals surface area contributed by atoms with Crippen molar-refractivity contribution in [3.63, 3.8) is 0 Å². The molecule has 1 amide bonds. The first-order chi connectivity index (χ1) is 13.3. The standard InChI is InChI=1S/C21H16F3N3O/c1-14-5-7-18(8-6-14)27-10-9-16(12-25)19(27)20(28)26-13-15-3-2-4-17(11-15)21(22,23)24/h2-11H,13H2,1H3,(H,26,28). The van der Waals surface area contributed by atoms with E-state index < -0.39 is 17.6 Å². The third-order valence-corrected chi connectivity index (χ3v) is 4.24. The average Bonchev–Trinajstić information content (AvgIpc) is 3.10. The topological polar surface area (TPSA) is 57.8 Å². The third-order valence-electron chi connectivity index (χ3n) is 4.24. The lowest BCUT2D eigenvalue weighted by atomic mass is 10.1. The van der Waals surface area contributed by atoms with Gasteiger partial charge in [-0.15, -0.1) is 0 Å². The molecule has 0 radical (unpaired) electrons. The number of benzene rings is 2. The highest BCUT2D eigenvalue weighted by molar-refractivity contribution is 5.95. The van der Waals surface area contributed by atoms with Gasteiger partial charge in [-0.3, -0.25) is 4.79 Å². The second kappa shape index (κ2) is 7.61. The molecule has 1 heterocycles. The number of carbonyl (C=O) groups excluding carboxylic acids is 1. The number of halogens is 3. The molecule has 2 aromatic carbocycles. The summed E-state index contributed by atoms with van der Waals surface area (Å²) in [5, 5.41) is 11.9. The second-order valence-electron chi connectivity index (χ2n) is 6.28. The zero-order valence-electron chi connectivity index (χ0n) is 14.9. The van der Waals surface area contributed by atoms with Crippen molar-refractivity contribution in [1.29, 1.82) is 5.26 Å². The van der Waals surface area contributed by atoms with Gasteiger partial charge in [-0.05, 0) is 42.8 Å². The van der Waals surface area contributed by atoms with Crippen molar-refractivity contribution in [1.82, 2.24) is 9.88 Å². The quantitative estimate of drug-likeness (QED) is 0.716. The zero-order chi connectivity index (χ0) is 20.3. The predicted octanol–water partition coefficient (Wildman–Crippen LogP) is 4.61. The van der Waals surface area contributed by atoms with E-state index in [0.717, 1.165) is 17.7 Å². The van der Waals surface area contributed by atoms with E-state index in [1.807, 2.05) is 37.3 Å². The van der Waals surface area contributed by atoms with Crippen LogP contribution in [0.5, 0.6) is 0 Å². The van der Waals surface area contributed by atoms with Gasteiger partial charge in [0.25, 0.3) is 5.91 Å². The molecule has 0 atom stereocenters. The Morgan fingerprint density at radius 2 is 1.86 bits per heavy atom. The summed E-state index contributed by atoms with van der Waals surface area (Å²) in [6.07, 6.45) is -2.84. The molecule has 7 heteroatoms. The molecule has 3 rings (SSSR count). The van der Waals surface area contributed by atoms with Gasteiger partial charge in [-0.1, -0.05) is 29.8 Å². The monoisotopic (exact) mass is 383 g/mol. The third kappa shape index (κ3) is 4.07. The van der Waals surface area contributed by atoms with Crippen LogP contribution in [0.3, 0.4) is 0 Å². The molecule has 4 nitrogen and oxygen atoms in total. The lowest BCUT2D eigenvalue weighted by Gasteiger charge is -2.12. The van der Waals surface area contributed by atoms with Gasteiger partial charge in [0.15, 0.2) is 0 Å². The van der Waals surface area contributed by atoms with Crippen molar-refractivity contribution >= 4 is 5.91 Å². The first kappa shape index (κ1) is 19.2. The van der Waals surface area contributed by atoms with Crippen LogP contribution < -0.4 is 5.32 Å². The van der Waals surface area contributed by atoms with E-state index >= 15 is 0 Å². The molecule has 1 aromatic heterocycles. The summed E-state index contributed by atoms with van der Waals surface area (Å²) in [6, 6.07) is 15.7. The Bertz CT molecular complexity index is 1040. The van der Waals surface area contributed by atoms with Gasteiger partial charge in [0.2, 0.25) is 0 Å². The maximum absolute atomic E-state index is 12.8. The van der Waals surface area contributed by atoms with E-state index in [9.17, 15) is 23.2 Å². The molecule has 0 aliphatic rings. The van der Waals surface area contributed by atoms with Gasteiger partial charge in [0.1, 0.15) is 11.8 Å². The van der Waals surface area contributed by atoms with Crippen LogP contribution in [0.4, 0.5) is 13.2 Å². The molecule has 0 aliphatic heterocycles. The molecular formula is C21H16F3N3O. The molecule has 0 saturated carbocycles. The van der Waals surface area contributed by atoms with E-state index in [-0.39, 0.29) is 17.8 Å². The summed E-state index contributed by atoms with van der Waals surface area (Å²) >= 11 is 0. The van der Waals surface area contributed by atoms with Crippen molar-refractivity contribution in [2.24, 2.45) is 0 Å². The highest BCUT2D eigenvalue weighted by Gasteiger charge is 2.30. The molecule has 0 spiro atoms. The van der Waals surface area contributed by atoms with E-state index in [4.69, 9.17) is 0 Å². The van der Waals surface area contributed by atoms with Crippen molar-refractivity contribution in [2.45, 2.75) is 19.6 Å². The van der Waals surface area contributed by atoms with E-state index in [0.29, 0.717) is 11.3 Å². The number of hydrogen-bond donors (Lipinski definition) is 1. The summed E-state index contributed by atoms with van der Waals surface area (Å²) < 4.78 is 40.1. The van der Waals surface area contributed by atoms with Crippen LogP contribution in [-0.4, -0.2) is 10.5 Å². The summed E-state index contributed by atoms with van der Waals surface area (Å²) in [5.74, 6) is -0.542. The minimum atomic E-state index is -4.45. The van der Waals surface area contributed by atoms with Crippen molar-refractivity contribution in [3.05, 3.63) is 88.7 Å². The lowest BCUT2D eigenvalue weighted by molar-refractivity contribution is -0.137. The van der Waals surface area contributed by atoms with Gasteiger partial charge in [-0.25, -0.2) is 0 Å². The minimum Gasteiger partial charge on any atom is -0.347 e. The Kier molecular flexibility index (Phi) is 5.23. The summed E-state index contributed by atoms with van der Waals surface area (Å²) in [7, 11) is 0. The van der Waals surface area contributed by atoms with Gasteiger partial charge >= 0.3 is 6.18 Å². The number of nitrogens with one attached hydrogen (secondary N) is 1. The summed E-state index contributed by atoms with van der Waals surface area (Å²) in [5.41, 5.74) is 1.61. The van der Waals surface area contributed by atoms with Crippen LogP contribution in [0, 0.1) is 18.3 Å². The van der Waals surface area contributed by atoms with E-state index in [1.165, 1.54) is 18.2 Å². The number of hydrogen-bond acceptors (Lipinski definition) is 2. The SMILES string of the molecule is Cc1ccc(-n2ccc(C#N)c2C(=O)NCc2cccc(C(F)(F)F)c2)cc1. The number of aryl methyl sites for hydroxylation is 1. The fourth-order valence-electron chi connectivity index (χ4n) is 2.80. The van der Waals surface area contributed by atoms with Gasteiger partial charge < -0.3 is 9.88 Å². The Balaban J connectivity index is 1.84. The van der Waals surface area contributed by atoms with Gasteiger partial charge in [0, 0.05) is 18.4 Å². The van der Waals surface area contributed by atoms with Crippen molar-refractivity contribution < 1.29 is 18.0 Å². The Labute approximate surface area is 159 Å². The van der Waals surface area contributed by atoms with Crippen LogP contribution in [0.15, 0.2) is 60.8 Å². The maximum Gasteiger partial charge on any atom is 0.416 e. The second-order valence-corrected chi connectivity index (χ2v) is 6.28. The molecular weight excluding hydrogens is 367 g/mol. The molecule has 0 unspecified atom stereocenters. The number of alkyl halides is 3. The largest absolute Gasteiger partial charge is 0.416 e. The smallest absolute Gasteiger partial charge is 0.347 e. The molecule has 0 saturated heterocycles. The number of rotatable bonds is 4. The van der Waals surface area contributed by atoms with Gasteiger partial charge in [-0.2, -0.15) is 18.4 Å². The van der Waals surface area contributed by atoms with Crippen LogP contribution in [0.25, 0.3) is 5.69 Å². The summed E-state index contributed by atoms with van der Waals surface area (Å²) in [6.45, 7) is 1.84. The van der Waals surface area contributed by atoms with Gasteiger partial charge in [0.05, 0.1) is 11.1 Å². The number of nitriles is 1. The average molecular weight is 383 g/mol. The number of nitrogens with zero attached hydrogens (tertiary/aromatic N) is 2. The van der Waals surface area contributed by atoms with Crippen molar-refractivity contribution in [3.8, 4) is 11.8 Å². The fraction of sp³-hybridized carbons (Fsp3) is 0.143. The minimum absolute atomic E-state index is 0.0906. The Morgan fingerprint density at radius 1 is 1.14 bits per heavy atom. The van der Waals surface area contributed by atoms with E-state index in [1.54, 1.807) is 10.8 Å². The van der Waals surface area contributed by atoms with Crippen LogP contribution >= 0.6 is 0 Å². The van der Waals surface area contributed by atoms with Crippen LogP contribution in [0.2, 0.25) is 0 Å². The predicted molar refractivity (Wildman–Crippen MR) is 97.8 cm³/mol. The summed E-state index contributed by atoms with van der Waals surface area (Å²) in [4.78, 5) is 12.7. The molecule has 3 aromatic rings. The molecule has 0 fully saturated rings. The number of carbonyl (C=O) groups is 1. The Morgan fingerprint density at radius 3 is 2.50 bits per heavy atom. The highest BCUT2D eigenvalue weighted by Crippen LogP contribution is 2.29. The normalized spacial score (nSPS) is 11.1. The Hall–Kier alpha value is -3.53. The van der Waals surface area contributed by atoms with Crippen molar-refractivity contribution in [2.75, 3.05) is 0 Å². The molecule has 1 N–H and O–H groups in total. The molecule has 28 heavy (non-hydrogen) atoms. The van der Waals surface area contributed by atoms with Crippen LogP contribution in [0.1, 0.15) is 32.7 Å². The number of amides is 1. The first-order valence-corrected chi connectivity index (χ1v) is 8.42.